The number of para-hydroxylation sites is 1. The van der Waals surface area contributed by atoms with Gasteiger partial charge in [-0.25, -0.2) is 4.98 Å². The number of hydrogen-bond donors (Lipinski definition) is 1. The van der Waals surface area contributed by atoms with Crippen molar-refractivity contribution in [3.05, 3.63) is 58.3 Å². The highest BCUT2D eigenvalue weighted by Gasteiger charge is 2.21. The molecule has 2 heterocycles. The summed E-state index contributed by atoms with van der Waals surface area (Å²) >= 11 is 0. The van der Waals surface area contributed by atoms with Crippen LogP contribution < -0.4 is 10.2 Å². The number of hydrogen-bond acceptors (Lipinski definition) is 6. The first-order chi connectivity index (χ1) is 12.5. The van der Waals surface area contributed by atoms with Crippen molar-refractivity contribution in [1.29, 1.82) is 0 Å². The third kappa shape index (κ3) is 4.08. The van der Waals surface area contributed by atoms with Gasteiger partial charge in [0.2, 0.25) is 5.91 Å². The number of rotatable bonds is 5. The average Bonchev–Trinajstić information content (AvgIpc) is 2.67. The molecule has 8 nitrogen and oxygen atoms in total. The molecule has 8 heteroatoms. The van der Waals surface area contributed by atoms with E-state index in [0.29, 0.717) is 24.5 Å². The van der Waals surface area contributed by atoms with Gasteiger partial charge in [0.15, 0.2) is 0 Å². The Balaban J connectivity index is 1.51. The van der Waals surface area contributed by atoms with Crippen LogP contribution in [-0.4, -0.2) is 53.4 Å². The Kier molecular flexibility index (Phi) is 5.31. The van der Waals surface area contributed by atoms with Gasteiger partial charge < -0.3 is 15.1 Å². The largest absolute Gasteiger partial charge is 0.368 e. The number of carbonyl (C=O) groups excluding carboxylic acids is 1. The van der Waals surface area contributed by atoms with Gasteiger partial charge >= 0.3 is 0 Å². The second-order valence-electron chi connectivity index (χ2n) is 6.17. The summed E-state index contributed by atoms with van der Waals surface area (Å²) in [4.78, 5) is 30.8. The van der Waals surface area contributed by atoms with Gasteiger partial charge in [-0.15, -0.1) is 0 Å². The van der Waals surface area contributed by atoms with Gasteiger partial charge in [0, 0.05) is 37.9 Å². The molecule has 3 rings (SSSR count). The van der Waals surface area contributed by atoms with Crippen LogP contribution in [0.25, 0.3) is 0 Å². The second kappa shape index (κ2) is 7.81. The van der Waals surface area contributed by atoms with Gasteiger partial charge in [0.25, 0.3) is 5.69 Å². The van der Waals surface area contributed by atoms with Crippen LogP contribution in [-0.2, 0) is 4.79 Å². The van der Waals surface area contributed by atoms with Crippen LogP contribution in [0.4, 0.5) is 17.2 Å². The van der Waals surface area contributed by atoms with E-state index in [2.05, 4.69) is 27.3 Å². The number of nitrogens with zero attached hydrogens (tertiary/aromatic N) is 4. The fraction of sp³-hybridized carbons (Fsp3) is 0.333. The van der Waals surface area contributed by atoms with Gasteiger partial charge in [0.05, 0.1) is 11.5 Å². The predicted molar refractivity (Wildman–Crippen MR) is 99.4 cm³/mol. The first-order valence-electron chi connectivity index (χ1n) is 8.47. The van der Waals surface area contributed by atoms with E-state index >= 15 is 0 Å². The Bertz CT molecular complexity index is 789. The fourth-order valence-corrected chi connectivity index (χ4v) is 2.97. The van der Waals surface area contributed by atoms with Crippen LogP contribution in [0.5, 0.6) is 0 Å². The molecule has 2 aromatic rings. The smallest absolute Gasteiger partial charge is 0.287 e. The zero-order valence-electron chi connectivity index (χ0n) is 14.6. The Labute approximate surface area is 151 Å². The summed E-state index contributed by atoms with van der Waals surface area (Å²) < 4.78 is 0. The van der Waals surface area contributed by atoms with Crippen molar-refractivity contribution < 1.29 is 9.72 Å². The monoisotopic (exact) mass is 355 g/mol. The Hall–Kier alpha value is -3.16. The summed E-state index contributed by atoms with van der Waals surface area (Å²) in [7, 11) is 0. The van der Waals surface area contributed by atoms with E-state index in [9.17, 15) is 14.9 Å². The van der Waals surface area contributed by atoms with E-state index in [1.165, 1.54) is 18.0 Å². The van der Waals surface area contributed by atoms with Crippen molar-refractivity contribution in [2.45, 2.75) is 6.92 Å². The summed E-state index contributed by atoms with van der Waals surface area (Å²) in [5, 5.41) is 13.7. The maximum atomic E-state index is 12.4. The molecule has 0 spiro atoms. The zero-order valence-corrected chi connectivity index (χ0v) is 14.6. The first-order valence-corrected chi connectivity index (χ1v) is 8.47. The van der Waals surface area contributed by atoms with Crippen molar-refractivity contribution in [1.82, 2.24) is 9.88 Å². The molecule has 1 fully saturated rings. The van der Waals surface area contributed by atoms with Crippen molar-refractivity contribution in [2.24, 2.45) is 0 Å². The molecule has 1 saturated heterocycles. The summed E-state index contributed by atoms with van der Waals surface area (Å²) in [6, 6.07) is 11.6. The molecule has 136 valence electrons. The van der Waals surface area contributed by atoms with E-state index in [4.69, 9.17) is 0 Å². The molecule has 1 aromatic heterocycles. The molecule has 1 aromatic carbocycles. The number of nitrogens with one attached hydrogen (secondary N) is 1. The van der Waals surface area contributed by atoms with Crippen LogP contribution in [0, 0.1) is 17.0 Å². The number of pyridine rings is 1. The van der Waals surface area contributed by atoms with E-state index < -0.39 is 4.92 Å². The third-order valence-corrected chi connectivity index (χ3v) is 4.44. The quantitative estimate of drug-likeness (QED) is 0.652. The molecule has 0 radical (unpaired) electrons. The summed E-state index contributed by atoms with van der Waals surface area (Å²) in [6.45, 7) is 4.78. The summed E-state index contributed by atoms with van der Waals surface area (Å²) in [5.74, 6) is 0.490. The van der Waals surface area contributed by atoms with Crippen molar-refractivity contribution in [2.75, 3.05) is 42.9 Å². The third-order valence-electron chi connectivity index (χ3n) is 4.44. The lowest BCUT2D eigenvalue weighted by Crippen LogP contribution is -2.50. The normalized spacial score (nSPS) is 14.2. The zero-order chi connectivity index (χ0) is 18.5. The lowest BCUT2D eigenvalue weighted by Gasteiger charge is -2.36. The van der Waals surface area contributed by atoms with Crippen molar-refractivity contribution >= 4 is 23.1 Å². The molecule has 26 heavy (non-hydrogen) atoms. The maximum absolute atomic E-state index is 12.4. The number of benzene rings is 1. The van der Waals surface area contributed by atoms with Gasteiger partial charge in [-0.1, -0.05) is 18.2 Å². The molecule has 1 amide bonds. The second-order valence-corrected chi connectivity index (χ2v) is 6.17. The molecule has 1 aliphatic rings. The van der Waals surface area contributed by atoms with Crippen LogP contribution >= 0.6 is 0 Å². The van der Waals surface area contributed by atoms with Crippen LogP contribution in [0.2, 0.25) is 0 Å². The Morgan fingerprint density at radius 1 is 1.23 bits per heavy atom. The number of anilines is 2. The minimum atomic E-state index is -0.485. The van der Waals surface area contributed by atoms with Gasteiger partial charge in [-0.2, -0.15) is 0 Å². The predicted octanol–water partition coefficient (Wildman–Crippen LogP) is 2.06. The van der Waals surface area contributed by atoms with Crippen LogP contribution in [0.3, 0.4) is 0 Å². The minimum absolute atomic E-state index is 0.00253. The van der Waals surface area contributed by atoms with E-state index in [1.807, 2.05) is 23.1 Å². The van der Waals surface area contributed by atoms with Crippen LogP contribution in [0.1, 0.15) is 5.56 Å². The molecule has 0 atom stereocenters. The number of nitro groups is 1. The standard InChI is InChI=1S/C18H21N5O3/c1-14-11-16(23(25)26)12-19-18(14)20-13-17(24)22-9-7-21(8-10-22)15-5-3-2-4-6-15/h2-6,11-12H,7-10,13H2,1H3,(H,19,20). The number of carbonyl (C=O) groups is 1. The summed E-state index contributed by atoms with van der Waals surface area (Å²) in [6.07, 6.45) is 1.19. The minimum Gasteiger partial charge on any atom is -0.368 e. The fourth-order valence-electron chi connectivity index (χ4n) is 2.97. The van der Waals surface area contributed by atoms with Crippen molar-refractivity contribution in [3.8, 4) is 0 Å². The highest BCUT2D eigenvalue weighted by Crippen LogP contribution is 2.18. The highest BCUT2D eigenvalue weighted by molar-refractivity contribution is 5.81. The number of aryl methyl sites for hydroxylation is 1. The number of amides is 1. The molecule has 0 saturated carbocycles. The molecular formula is C18H21N5O3. The van der Waals surface area contributed by atoms with Gasteiger partial charge in [-0.3, -0.25) is 14.9 Å². The lowest BCUT2D eigenvalue weighted by molar-refractivity contribution is -0.385. The topological polar surface area (TPSA) is 91.6 Å². The Morgan fingerprint density at radius 3 is 2.54 bits per heavy atom. The van der Waals surface area contributed by atoms with Crippen LogP contribution in [0.15, 0.2) is 42.6 Å². The average molecular weight is 355 g/mol. The Morgan fingerprint density at radius 2 is 1.92 bits per heavy atom. The number of aromatic nitrogens is 1. The molecule has 1 N–H and O–H groups in total. The molecule has 0 bridgehead atoms. The van der Waals surface area contributed by atoms with Gasteiger partial charge in [-0.05, 0) is 24.6 Å². The summed E-state index contributed by atoms with van der Waals surface area (Å²) in [5.41, 5.74) is 1.75. The number of piperazine rings is 1. The molecular weight excluding hydrogens is 334 g/mol. The van der Waals surface area contributed by atoms with E-state index in [-0.39, 0.29) is 18.1 Å². The highest BCUT2D eigenvalue weighted by atomic mass is 16.6. The molecule has 0 unspecified atom stereocenters. The van der Waals surface area contributed by atoms with Crippen molar-refractivity contribution in [3.63, 3.8) is 0 Å². The lowest BCUT2D eigenvalue weighted by atomic mass is 10.2. The maximum Gasteiger partial charge on any atom is 0.287 e. The van der Waals surface area contributed by atoms with E-state index in [0.717, 1.165) is 13.1 Å². The van der Waals surface area contributed by atoms with Gasteiger partial charge in [0.1, 0.15) is 12.0 Å². The molecule has 0 aliphatic carbocycles. The van der Waals surface area contributed by atoms with E-state index in [1.54, 1.807) is 6.92 Å². The SMILES string of the molecule is Cc1cc([N+](=O)[O-])cnc1NCC(=O)N1CCN(c2ccccc2)CC1. The molecule has 1 aliphatic heterocycles. The first kappa shape index (κ1) is 17.7.